The highest BCUT2D eigenvalue weighted by molar-refractivity contribution is 5.95. The standard InChI is InChI=1S/C19H21FN2O3/c20-17-6-2-1-4-14(17)11-24-15-5-3-9-22(10-15)19(23)16-12-25-21-18(16)13-7-8-13/h1-2,4,6,12-13,15H,3,5,7-11H2/t15-/m0/s1. The van der Waals surface area contributed by atoms with Crippen LogP contribution in [0.15, 0.2) is 35.1 Å². The summed E-state index contributed by atoms with van der Waals surface area (Å²) in [5.41, 5.74) is 1.91. The fourth-order valence-electron chi connectivity index (χ4n) is 3.31. The Morgan fingerprint density at radius 3 is 2.96 bits per heavy atom. The SMILES string of the molecule is O=C(c1conc1C1CC1)N1CCC[C@H](OCc2ccccc2F)C1. The number of halogens is 1. The van der Waals surface area contributed by atoms with Crippen LogP contribution in [-0.4, -0.2) is 35.2 Å². The minimum Gasteiger partial charge on any atom is -0.372 e. The zero-order valence-corrected chi connectivity index (χ0v) is 14.0. The van der Waals surface area contributed by atoms with Gasteiger partial charge in [0.15, 0.2) is 0 Å². The summed E-state index contributed by atoms with van der Waals surface area (Å²) in [5.74, 6) is 0.0720. The van der Waals surface area contributed by atoms with Gasteiger partial charge in [-0.2, -0.15) is 0 Å². The van der Waals surface area contributed by atoms with Crippen molar-refractivity contribution >= 4 is 5.91 Å². The number of hydrogen-bond acceptors (Lipinski definition) is 4. The van der Waals surface area contributed by atoms with E-state index in [4.69, 9.17) is 9.26 Å². The van der Waals surface area contributed by atoms with Gasteiger partial charge < -0.3 is 14.2 Å². The van der Waals surface area contributed by atoms with Crippen LogP contribution in [0.1, 0.15) is 53.2 Å². The molecule has 1 aliphatic heterocycles. The lowest BCUT2D eigenvalue weighted by atomic mass is 10.1. The summed E-state index contributed by atoms with van der Waals surface area (Å²) in [7, 11) is 0. The first-order valence-corrected chi connectivity index (χ1v) is 8.81. The maximum Gasteiger partial charge on any atom is 0.259 e. The Morgan fingerprint density at radius 2 is 2.16 bits per heavy atom. The molecule has 5 nitrogen and oxygen atoms in total. The van der Waals surface area contributed by atoms with Gasteiger partial charge in [-0.3, -0.25) is 4.79 Å². The Morgan fingerprint density at radius 1 is 1.32 bits per heavy atom. The summed E-state index contributed by atoms with van der Waals surface area (Å²) in [6.07, 6.45) is 5.26. The molecule has 2 fully saturated rings. The molecule has 0 bridgehead atoms. The lowest BCUT2D eigenvalue weighted by molar-refractivity contribution is -0.00766. The lowest BCUT2D eigenvalue weighted by Crippen LogP contribution is -2.43. The van der Waals surface area contributed by atoms with Crippen LogP contribution in [0.4, 0.5) is 4.39 Å². The summed E-state index contributed by atoms with van der Waals surface area (Å²) in [5, 5.41) is 4.00. The Bertz CT molecular complexity index is 757. The molecule has 1 aliphatic carbocycles. The van der Waals surface area contributed by atoms with Crippen molar-refractivity contribution in [3.63, 3.8) is 0 Å². The highest BCUT2D eigenvalue weighted by Gasteiger charge is 2.34. The fraction of sp³-hybridized carbons (Fsp3) is 0.474. The quantitative estimate of drug-likeness (QED) is 0.833. The summed E-state index contributed by atoms with van der Waals surface area (Å²) in [4.78, 5) is 14.6. The normalized spacial score (nSPS) is 20.7. The van der Waals surface area contributed by atoms with Crippen molar-refractivity contribution in [2.75, 3.05) is 13.1 Å². The van der Waals surface area contributed by atoms with Gasteiger partial charge >= 0.3 is 0 Å². The molecule has 1 atom stereocenters. The third-order valence-corrected chi connectivity index (χ3v) is 4.89. The molecule has 0 N–H and O–H groups in total. The summed E-state index contributed by atoms with van der Waals surface area (Å²) < 4.78 is 24.6. The molecule has 132 valence electrons. The van der Waals surface area contributed by atoms with Gasteiger partial charge in [-0.05, 0) is 31.7 Å². The minimum absolute atomic E-state index is 0.0395. The lowest BCUT2D eigenvalue weighted by Gasteiger charge is -2.32. The van der Waals surface area contributed by atoms with Crippen molar-refractivity contribution in [1.29, 1.82) is 0 Å². The van der Waals surface area contributed by atoms with Gasteiger partial charge in [0.2, 0.25) is 0 Å². The van der Waals surface area contributed by atoms with E-state index in [9.17, 15) is 9.18 Å². The van der Waals surface area contributed by atoms with E-state index in [1.807, 2.05) is 0 Å². The molecule has 2 aliphatic rings. The summed E-state index contributed by atoms with van der Waals surface area (Å²) in [6, 6.07) is 6.61. The smallest absolute Gasteiger partial charge is 0.259 e. The van der Waals surface area contributed by atoms with E-state index in [1.54, 1.807) is 23.1 Å². The van der Waals surface area contributed by atoms with Gasteiger partial charge in [0.1, 0.15) is 17.6 Å². The van der Waals surface area contributed by atoms with Crippen molar-refractivity contribution in [2.45, 2.75) is 44.3 Å². The van der Waals surface area contributed by atoms with Gasteiger partial charge in [-0.1, -0.05) is 23.4 Å². The number of nitrogens with zero attached hydrogens (tertiary/aromatic N) is 2. The van der Waals surface area contributed by atoms with E-state index >= 15 is 0 Å². The molecule has 1 saturated carbocycles. The molecule has 0 radical (unpaired) electrons. The third-order valence-electron chi connectivity index (χ3n) is 4.89. The van der Waals surface area contributed by atoms with Crippen LogP contribution in [0.3, 0.4) is 0 Å². The average Bonchev–Trinajstić information content (AvgIpc) is 3.37. The Labute approximate surface area is 145 Å². The molecule has 2 heterocycles. The Balaban J connectivity index is 1.38. The van der Waals surface area contributed by atoms with Crippen molar-refractivity contribution in [1.82, 2.24) is 10.1 Å². The number of rotatable bonds is 5. The zero-order chi connectivity index (χ0) is 17.2. The van der Waals surface area contributed by atoms with Crippen molar-refractivity contribution < 1.29 is 18.4 Å². The summed E-state index contributed by atoms with van der Waals surface area (Å²) >= 11 is 0. The largest absolute Gasteiger partial charge is 0.372 e. The number of likely N-dealkylation sites (tertiary alicyclic amines) is 1. The Kier molecular flexibility index (Phi) is 4.53. The van der Waals surface area contributed by atoms with Crippen LogP contribution >= 0.6 is 0 Å². The van der Waals surface area contributed by atoms with Crippen molar-refractivity contribution in [3.05, 3.63) is 53.2 Å². The van der Waals surface area contributed by atoms with Gasteiger partial charge in [-0.15, -0.1) is 0 Å². The maximum absolute atomic E-state index is 13.7. The first-order chi connectivity index (χ1) is 12.2. The molecular formula is C19H21FN2O3. The van der Waals surface area contributed by atoms with Crippen LogP contribution in [0.2, 0.25) is 0 Å². The van der Waals surface area contributed by atoms with Gasteiger partial charge in [-0.25, -0.2) is 4.39 Å². The first kappa shape index (κ1) is 16.3. The second kappa shape index (κ2) is 6.96. The molecule has 2 aromatic rings. The number of carbonyl (C=O) groups is 1. The first-order valence-electron chi connectivity index (χ1n) is 8.81. The Hall–Kier alpha value is -2.21. The van der Waals surface area contributed by atoms with Gasteiger partial charge in [0, 0.05) is 24.6 Å². The monoisotopic (exact) mass is 344 g/mol. The molecular weight excluding hydrogens is 323 g/mol. The predicted molar refractivity (Wildman–Crippen MR) is 88.6 cm³/mol. The molecule has 1 aromatic carbocycles. The molecule has 1 aromatic heterocycles. The molecule has 25 heavy (non-hydrogen) atoms. The highest BCUT2D eigenvalue weighted by Crippen LogP contribution is 2.41. The average molecular weight is 344 g/mol. The number of ether oxygens (including phenoxy) is 1. The van der Waals surface area contributed by atoms with Crippen LogP contribution in [0.5, 0.6) is 0 Å². The summed E-state index contributed by atoms with van der Waals surface area (Å²) in [6.45, 7) is 1.44. The number of aromatic nitrogens is 1. The molecule has 0 spiro atoms. The van der Waals surface area contributed by atoms with Crippen LogP contribution < -0.4 is 0 Å². The molecule has 0 unspecified atom stereocenters. The van der Waals surface area contributed by atoms with Crippen LogP contribution in [-0.2, 0) is 11.3 Å². The topological polar surface area (TPSA) is 55.6 Å². The second-order valence-corrected chi connectivity index (χ2v) is 6.81. The number of amides is 1. The number of benzene rings is 1. The van der Waals surface area contributed by atoms with Crippen molar-refractivity contribution in [3.8, 4) is 0 Å². The van der Waals surface area contributed by atoms with E-state index in [2.05, 4.69) is 5.16 Å². The van der Waals surface area contributed by atoms with Crippen LogP contribution in [0, 0.1) is 5.82 Å². The molecule has 1 amide bonds. The fourth-order valence-corrected chi connectivity index (χ4v) is 3.31. The number of piperidine rings is 1. The van der Waals surface area contributed by atoms with E-state index in [-0.39, 0.29) is 24.4 Å². The zero-order valence-electron chi connectivity index (χ0n) is 14.0. The van der Waals surface area contributed by atoms with Crippen LogP contribution in [0.25, 0.3) is 0 Å². The van der Waals surface area contributed by atoms with Crippen molar-refractivity contribution in [2.24, 2.45) is 0 Å². The predicted octanol–water partition coefficient (Wildman–Crippen LogP) is 3.51. The van der Waals surface area contributed by atoms with Gasteiger partial charge in [0.25, 0.3) is 5.91 Å². The number of hydrogen-bond donors (Lipinski definition) is 0. The van der Waals surface area contributed by atoms with E-state index in [0.717, 1.165) is 31.4 Å². The molecule has 4 rings (SSSR count). The highest BCUT2D eigenvalue weighted by atomic mass is 19.1. The second-order valence-electron chi connectivity index (χ2n) is 6.81. The number of carbonyl (C=O) groups excluding carboxylic acids is 1. The third kappa shape index (κ3) is 3.58. The maximum atomic E-state index is 13.7. The molecule has 6 heteroatoms. The van der Waals surface area contributed by atoms with Gasteiger partial charge in [0.05, 0.1) is 18.4 Å². The molecule has 1 saturated heterocycles. The minimum atomic E-state index is -0.259. The van der Waals surface area contributed by atoms with E-state index < -0.39 is 0 Å². The van der Waals surface area contributed by atoms with E-state index in [0.29, 0.717) is 30.1 Å². The van der Waals surface area contributed by atoms with E-state index in [1.165, 1.54) is 12.3 Å².